The summed E-state index contributed by atoms with van der Waals surface area (Å²) in [6, 6.07) is 13.2. The summed E-state index contributed by atoms with van der Waals surface area (Å²) in [7, 11) is 3.56. The molecule has 0 spiro atoms. The minimum Gasteiger partial charge on any atom is -0.497 e. The number of fused-ring (bicyclic) bond motifs is 2. The third kappa shape index (κ3) is 1.81. The van der Waals surface area contributed by atoms with Crippen LogP contribution in [0, 0.1) is 0 Å². The molecular formula is C15H14N2O2. The van der Waals surface area contributed by atoms with Gasteiger partial charge < -0.3 is 15.0 Å². The van der Waals surface area contributed by atoms with E-state index in [1.165, 1.54) is 0 Å². The number of anilines is 3. The molecule has 0 unspecified atom stereocenters. The number of hydrogen-bond acceptors (Lipinski definition) is 3. The van der Waals surface area contributed by atoms with E-state index in [1.54, 1.807) is 7.11 Å². The highest BCUT2D eigenvalue weighted by Gasteiger charge is 2.22. The summed E-state index contributed by atoms with van der Waals surface area (Å²) in [6.07, 6.45) is 0. The molecule has 1 heterocycles. The van der Waals surface area contributed by atoms with E-state index < -0.39 is 0 Å². The molecule has 0 aliphatic carbocycles. The summed E-state index contributed by atoms with van der Waals surface area (Å²) in [5.74, 6) is 0.618. The van der Waals surface area contributed by atoms with Crippen LogP contribution in [0.2, 0.25) is 0 Å². The molecule has 0 aromatic heterocycles. The second-order valence-corrected chi connectivity index (χ2v) is 4.41. The van der Waals surface area contributed by atoms with E-state index in [2.05, 4.69) is 5.32 Å². The van der Waals surface area contributed by atoms with Crippen LogP contribution < -0.4 is 15.0 Å². The van der Waals surface area contributed by atoms with Crippen LogP contribution >= 0.6 is 0 Å². The lowest BCUT2D eigenvalue weighted by atomic mass is 10.1. The molecule has 19 heavy (non-hydrogen) atoms. The lowest BCUT2D eigenvalue weighted by Gasteiger charge is -2.20. The normalized spacial score (nSPS) is 13.2. The zero-order valence-corrected chi connectivity index (χ0v) is 10.8. The highest BCUT2D eigenvalue weighted by atomic mass is 16.5. The van der Waals surface area contributed by atoms with Crippen LogP contribution in [0.4, 0.5) is 17.1 Å². The molecule has 2 aromatic rings. The average Bonchev–Trinajstić information content (AvgIpc) is 2.55. The lowest BCUT2D eigenvalue weighted by Crippen LogP contribution is -2.11. The molecule has 0 bridgehead atoms. The van der Waals surface area contributed by atoms with Crippen molar-refractivity contribution in [2.75, 3.05) is 24.4 Å². The van der Waals surface area contributed by atoms with E-state index in [-0.39, 0.29) is 5.91 Å². The molecule has 4 heteroatoms. The summed E-state index contributed by atoms with van der Waals surface area (Å²) < 4.78 is 5.20. The Morgan fingerprint density at radius 2 is 1.89 bits per heavy atom. The Morgan fingerprint density at radius 1 is 1.11 bits per heavy atom. The minimum absolute atomic E-state index is 0.102. The van der Waals surface area contributed by atoms with Gasteiger partial charge in [-0.2, -0.15) is 0 Å². The average molecular weight is 254 g/mol. The van der Waals surface area contributed by atoms with Gasteiger partial charge in [0, 0.05) is 13.1 Å². The first-order valence-electron chi connectivity index (χ1n) is 6.03. The molecule has 0 saturated heterocycles. The fraction of sp³-hybridized carbons (Fsp3) is 0.133. The Bertz CT molecular complexity index is 652. The van der Waals surface area contributed by atoms with Crippen molar-refractivity contribution in [3.8, 4) is 5.75 Å². The number of ether oxygens (including phenoxy) is 1. The first-order chi connectivity index (χ1) is 9.20. The van der Waals surface area contributed by atoms with Crippen LogP contribution in [-0.4, -0.2) is 20.1 Å². The van der Waals surface area contributed by atoms with Crippen molar-refractivity contribution in [3.05, 3.63) is 48.0 Å². The number of amides is 1. The fourth-order valence-corrected chi connectivity index (χ4v) is 2.31. The summed E-state index contributed by atoms with van der Waals surface area (Å²) >= 11 is 0. The number of nitrogens with one attached hydrogen (secondary N) is 1. The Labute approximate surface area is 111 Å². The molecule has 1 aliphatic heterocycles. The Balaban J connectivity index is 2.19. The number of hydrogen-bond donors (Lipinski definition) is 1. The monoisotopic (exact) mass is 254 g/mol. The first kappa shape index (κ1) is 11.6. The number of benzene rings is 2. The molecule has 0 fully saturated rings. The number of nitrogens with zero attached hydrogens (tertiary/aromatic N) is 1. The highest BCUT2D eigenvalue weighted by Crippen LogP contribution is 2.38. The van der Waals surface area contributed by atoms with Crippen LogP contribution in [0.1, 0.15) is 10.4 Å². The van der Waals surface area contributed by atoms with Gasteiger partial charge in [-0.25, -0.2) is 0 Å². The molecule has 4 nitrogen and oxygen atoms in total. The molecule has 0 atom stereocenters. The third-order valence-corrected chi connectivity index (χ3v) is 3.32. The van der Waals surface area contributed by atoms with Gasteiger partial charge in [-0.1, -0.05) is 12.1 Å². The predicted octanol–water partition coefficient (Wildman–Crippen LogP) is 3.03. The largest absolute Gasteiger partial charge is 0.497 e. The van der Waals surface area contributed by atoms with Crippen molar-refractivity contribution in [1.29, 1.82) is 0 Å². The molecule has 1 N–H and O–H groups in total. The molecule has 96 valence electrons. The van der Waals surface area contributed by atoms with E-state index in [0.717, 1.165) is 22.8 Å². The third-order valence-electron chi connectivity index (χ3n) is 3.32. The predicted molar refractivity (Wildman–Crippen MR) is 75.5 cm³/mol. The quantitative estimate of drug-likeness (QED) is 0.850. The Hall–Kier alpha value is -2.49. The van der Waals surface area contributed by atoms with Crippen molar-refractivity contribution in [2.24, 2.45) is 0 Å². The Kier molecular flexibility index (Phi) is 2.63. The van der Waals surface area contributed by atoms with Gasteiger partial charge in [0.15, 0.2) is 0 Å². The van der Waals surface area contributed by atoms with Gasteiger partial charge in [0.1, 0.15) is 5.75 Å². The van der Waals surface area contributed by atoms with Crippen molar-refractivity contribution < 1.29 is 9.53 Å². The number of carbonyl (C=O) groups is 1. The standard InChI is InChI=1S/C15H14N2O2/c1-17-13-6-4-3-5-11(13)15(18)16-12-9-10(19-2)7-8-14(12)17/h3-9H,1-2H3,(H,16,18). The zero-order chi connectivity index (χ0) is 13.4. The maximum Gasteiger partial charge on any atom is 0.257 e. The van der Waals surface area contributed by atoms with E-state index in [1.807, 2.05) is 54.4 Å². The van der Waals surface area contributed by atoms with Gasteiger partial charge in [0.25, 0.3) is 5.91 Å². The minimum atomic E-state index is -0.102. The zero-order valence-electron chi connectivity index (χ0n) is 10.8. The van der Waals surface area contributed by atoms with E-state index in [9.17, 15) is 4.79 Å². The van der Waals surface area contributed by atoms with Crippen LogP contribution in [-0.2, 0) is 0 Å². The van der Waals surface area contributed by atoms with Crippen molar-refractivity contribution in [3.63, 3.8) is 0 Å². The maximum atomic E-state index is 12.2. The summed E-state index contributed by atoms with van der Waals surface area (Å²) in [5, 5.41) is 2.92. The molecule has 1 amide bonds. The SMILES string of the molecule is COc1ccc2c(c1)NC(=O)c1ccccc1N2C. The van der Waals surface area contributed by atoms with Crippen molar-refractivity contribution >= 4 is 23.0 Å². The number of para-hydroxylation sites is 1. The summed E-state index contributed by atoms with van der Waals surface area (Å²) in [4.78, 5) is 14.2. The smallest absolute Gasteiger partial charge is 0.257 e. The number of carbonyl (C=O) groups excluding carboxylic acids is 1. The first-order valence-corrected chi connectivity index (χ1v) is 6.03. The second-order valence-electron chi connectivity index (χ2n) is 4.41. The lowest BCUT2D eigenvalue weighted by molar-refractivity contribution is 0.102. The molecule has 3 rings (SSSR count). The second kappa shape index (κ2) is 4.31. The van der Waals surface area contributed by atoms with Crippen LogP contribution in [0.3, 0.4) is 0 Å². The topological polar surface area (TPSA) is 41.6 Å². The molecular weight excluding hydrogens is 240 g/mol. The van der Waals surface area contributed by atoms with Gasteiger partial charge in [0.05, 0.1) is 29.7 Å². The van der Waals surface area contributed by atoms with Crippen molar-refractivity contribution in [1.82, 2.24) is 0 Å². The Morgan fingerprint density at radius 3 is 2.68 bits per heavy atom. The van der Waals surface area contributed by atoms with E-state index in [0.29, 0.717) is 5.56 Å². The van der Waals surface area contributed by atoms with Gasteiger partial charge >= 0.3 is 0 Å². The van der Waals surface area contributed by atoms with Crippen molar-refractivity contribution in [2.45, 2.75) is 0 Å². The van der Waals surface area contributed by atoms with E-state index >= 15 is 0 Å². The molecule has 0 saturated carbocycles. The van der Waals surface area contributed by atoms with Gasteiger partial charge in [-0.05, 0) is 24.3 Å². The van der Waals surface area contributed by atoms with Crippen LogP contribution in [0.5, 0.6) is 5.75 Å². The summed E-state index contributed by atoms with van der Waals surface area (Å²) in [6.45, 7) is 0. The molecule has 2 aromatic carbocycles. The molecule has 0 radical (unpaired) electrons. The highest BCUT2D eigenvalue weighted by molar-refractivity contribution is 6.12. The van der Waals surface area contributed by atoms with Gasteiger partial charge in [0.2, 0.25) is 0 Å². The summed E-state index contributed by atoms with van der Waals surface area (Å²) in [5.41, 5.74) is 3.26. The van der Waals surface area contributed by atoms with Gasteiger partial charge in [-0.3, -0.25) is 4.79 Å². The van der Waals surface area contributed by atoms with Crippen LogP contribution in [0.15, 0.2) is 42.5 Å². The maximum absolute atomic E-state index is 12.2. The molecule has 1 aliphatic rings. The fourth-order valence-electron chi connectivity index (χ4n) is 2.31. The number of rotatable bonds is 1. The number of methoxy groups -OCH3 is 1. The van der Waals surface area contributed by atoms with Gasteiger partial charge in [-0.15, -0.1) is 0 Å². The van der Waals surface area contributed by atoms with E-state index in [4.69, 9.17) is 4.74 Å². The van der Waals surface area contributed by atoms with Crippen LogP contribution in [0.25, 0.3) is 0 Å².